The maximum Gasteiger partial charge on any atom is 0.222 e. The van der Waals surface area contributed by atoms with Crippen molar-refractivity contribution >= 4 is 40.9 Å². The minimum atomic E-state index is -0.462. The van der Waals surface area contributed by atoms with Crippen LogP contribution in [-0.2, 0) is 14.3 Å². The van der Waals surface area contributed by atoms with E-state index in [1.54, 1.807) is 17.8 Å². The number of aryl methyl sites for hydroxylation is 1. The summed E-state index contributed by atoms with van der Waals surface area (Å²) in [5, 5.41) is 10.7. The zero-order valence-electron chi connectivity index (χ0n) is 20.1. The van der Waals surface area contributed by atoms with Crippen molar-refractivity contribution in [3.63, 3.8) is 0 Å². The summed E-state index contributed by atoms with van der Waals surface area (Å²) < 4.78 is 13.5. The molecular formula is C26H28Cl2N4O3S. The number of likely N-dealkylation sites (tertiary alicyclic amines) is 1. The molecule has 7 nitrogen and oxygen atoms in total. The number of benzene rings is 2. The number of hydrogen-bond acceptors (Lipinski definition) is 6. The van der Waals surface area contributed by atoms with Gasteiger partial charge in [-0.25, -0.2) is 0 Å². The molecule has 2 aliphatic heterocycles. The summed E-state index contributed by atoms with van der Waals surface area (Å²) in [5.74, 6) is 1.18. The molecule has 2 saturated heterocycles. The van der Waals surface area contributed by atoms with Crippen molar-refractivity contribution in [3.8, 4) is 17.1 Å². The Hall–Kier alpha value is -2.10. The number of carbonyl (C=O) groups is 1. The number of hydrogen-bond donors (Lipinski definition) is 0. The van der Waals surface area contributed by atoms with Gasteiger partial charge in [-0.05, 0) is 31.5 Å². The number of rotatable bonds is 7. The molecule has 0 bridgehead atoms. The number of thioether (sulfide) groups is 1. The third kappa shape index (κ3) is 5.58. The second kappa shape index (κ2) is 11.1. The van der Waals surface area contributed by atoms with Crippen LogP contribution < -0.4 is 0 Å². The minimum absolute atomic E-state index is 0.176. The molecule has 0 N–H and O–H groups in total. The second-order valence-electron chi connectivity index (χ2n) is 9.05. The fourth-order valence-corrected chi connectivity index (χ4v) is 5.72. The summed E-state index contributed by atoms with van der Waals surface area (Å²) in [6.45, 7) is 4.69. The van der Waals surface area contributed by atoms with Crippen LogP contribution in [0.4, 0.5) is 0 Å². The molecule has 1 aromatic heterocycles. The van der Waals surface area contributed by atoms with E-state index in [1.165, 1.54) is 5.56 Å². The summed E-state index contributed by atoms with van der Waals surface area (Å²) >= 11 is 14.1. The van der Waals surface area contributed by atoms with E-state index in [9.17, 15) is 4.79 Å². The lowest BCUT2D eigenvalue weighted by molar-refractivity contribution is -0.187. The van der Waals surface area contributed by atoms with E-state index in [4.69, 9.17) is 32.7 Å². The van der Waals surface area contributed by atoms with E-state index in [0.717, 1.165) is 47.2 Å². The van der Waals surface area contributed by atoms with Crippen molar-refractivity contribution in [2.75, 3.05) is 32.1 Å². The first-order valence-corrected chi connectivity index (χ1v) is 13.8. The van der Waals surface area contributed by atoms with Crippen LogP contribution in [0.2, 0.25) is 10.0 Å². The summed E-state index contributed by atoms with van der Waals surface area (Å²) in [6.07, 6.45) is 2.71. The number of halogens is 2. The topological polar surface area (TPSA) is 69.5 Å². The summed E-state index contributed by atoms with van der Waals surface area (Å²) in [7, 11) is 0. The van der Waals surface area contributed by atoms with Gasteiger partial charge < -0.3 is 14.4 Å². The van der Waals surface area contributed by atoms with E-state index < -0.39 is 5.79 Å². The quantitative estimate of drug-likeness (QED) is 0.276. The van der Waals surface area contributed by atoms with Gasteiger partial charge in [-0.1, -0.05) is 64.8 Å². The molecule has 190 valence electrons. The van der Waals surface area contributed by atoms with Crippen LogP contribution in [-0.4, -0.2) is 63.4 Å². The third-order valence-electron chi connectivity index (χ3n) is 6.56. The Morgan fingerprint density at radius 3 is 2.44 bits per heavy atom. The van der Waals surface area contributed by atoms with Gasteiger partial charge in [0.2, 0.25) is 5.91 Å². The second-order valence-corrected chi connectivity index (χ2v) is 10.9. The molecule has 3 aromatic rings. The Morgan fingerprint density at radius 2 is 1.75 bits per heavy atom. The standard InChI is InChI=1S/C26H28Cl2N4O3S/c1-18-4-6-19(7-5-18)24-29-30-25(32(24)20-8-9-21(27)22(28)17-20)36-16-2-3-23(33)31-12-10-26(11-13-31)34-14-15-35-26/h4-9,17H,2-3,10-16H2,1H3. The molecule has 5 rings (SSSR count). The van der Waals surface area contributed by atoms with Crippen LogP contribution >= 0.6 is 35.0 Å². The van der Waals surface area contributed by atoms with Crippen LogP contribution in [0.5, 0.6) is 0 Å². The lowest BCUT2D eigenvalue weighted by Crippen LogP contribution is -2.47. The molecular weight excluding hydrogens is 519 g/mol. The summed E-state index contributed by atoms with van der Waals surface area (Å²) in [6, 6.07) is 13.7. The minimum Gasteiger partial charge on any atom is -0.347 e. The highest BCUT2D eigenvalue weighted by molar-refractivity contribution is 7.99. The molecule has 0 unspecified atom stereocenters. The van der Waals surface area contributed by atoms with Crippen LogP contribution in [0.25, 0.3) is 17.1 Å². The first-order chi connectivity index (χ1) is 17.4. The largest absolute Gasteiger partial charge is 0.347 e. The van der Waals surface area contributed by atoms with Gasteiger partial charge in [-0.15, -0.1) is 10.2 Å². The number of amides is 1. The van der Waals surface area contributed by atoms with E-state index in [2.05, 4.69) is 22.3 Å². The predicted molar refractivity (Wildman–Crippen MR) is 142 cm³/mol. The maximum absolute atomic E-state index is 12.8. The Bertz CT molecular complexity index is 1220. The van der Waals surface area contributed by atoms with Crippen LogP contribution in [0.1, 0.15) is 31.2 Å². The molecule has 2 aliphatic rings. The fourth-order valence-electron chi connectivity index (χ4n) is 4.54. The van der Waals surface area contributed by atoms with Crippen LogP contribution in [0.15, 0.2) is 47.6 Å². The first-order valence-electron chi connectivity index (χ1n) is 12.1. The van der Waals surface area contributed by atoms with E-state index in [1.807, 2.05) is 40.7 Å². The average molecular weight is 548 g/mol. The van der Waals surface area contributed by atoms with Gasteiger partial charge in [0, 0.05) is 43.7 Å². The highest BCUT2D eigenvalue weighted by atomic mass is 35.5. The van der Waals surface area contributed by atoms with Crippen molar-refractivity contribution < 1.29 is 14.3 Å². The molecule has 2 fully saturated rings. The monoisotopic (exact) mass is 546 g/mol. The normalized spacial score (nSPS) is 17.1. The van der Waals surface area contributed by atoms with Crippen LogP contribution in [0, 0.1) is 6.92 Å². The highest BCUT2D eigenvalue weighted by Crippen LogP contribution is 2.33. The zero-order chi connectivity index (χ0) is 25.1. The Kier molecular flexibility index (Phi) is 7.88. The number of ether oxygens (including phenoxy) is 2. The molecule has 3 heterocycles. The van der Waals surface area contributed by atoms with Crippen molar-refractivity contribution in [2.24, 2.45) is 0 Å². The molecule has 2 aromatic carbocycles. The van der Waals surface area contributed by atoms with Crippen molar-refractivity contribution in [3.05, 3.63) is 58.1 Å². The number of carbonyl (C=O) groups excluding carboxylic acids is 1. The summed E-state index contributed by atoms with van der Waals surface area (Å²) in [4.78, 5) is 14.7. The first kappa shape index (κ1) is 25.5. The Balaban J connectivity index is 1.24. The van der Waals surface area contributed by atoms with Gasteiger partial charge in [0.1, 0.15) is 0 Å². The van der Waals surface area contributed by atoms with Gasteiger partial charge in [-0.3, -0.25) is 9.36 Å². The Morgan fingerprint density at radius 1 is 1.03 bits per heavy atom. The molecule has 0 atom stereocenters. The Labute approximate surface area is 225 Å². The van der Waals surface area contributed by atoms with Gasteiger partial charge in [0.05, 0.1) is 28.9 Å². The fraction of sp³-hybridized carbons (Fsp3) is 0.423. The molecule has 0 aliphatic carbocycles. The molecule has 0 saturated carbocycles. The van der Waals surface area contributed by atoms with Crippen molar-refractivity contribution in [1.29, 1.82) is 0 Å². The number of nitrogens with zero attached hydrogens (tertiary/aromatic N) is 4. The molecule has 0 radical (unpaired) electrons. The number of aromatic nitrogens is 3. The SMILES string of the molecule is Cc1ccc(-c2nnc(SCCCC(=O)N3CCC4(CC3)OCCO4)n2-c2ccc(Cl)c(Cl)c2)cc1. The van der Waals surface area contributed by atoms with E-state index in [-0.39, 0.29) is 5.91 Å². The van der Waals surface area contributed by atoms with Gasteiger partial charge in [0.25, 0.3) is 0 Å². The third-order valence-corrected chi connectivity index (χ3v) is 8.32. The van der Waals surface area contributed by atoms with Gasteiger partial charge in [0.15, 0.2) is 16.8 Å². The van der Waals surface area contributed by atoms with Gasteiger partial charge >= 0.3 is 0 Å². The van der Waals surface area contributed by atoms with Crippen molar-refractivity contribution in [1.82, 2.24) is 19.7 Å². The molecule has 36 heavy (non-hydrogen) atoms. The van der Waals surface area contributed by atoms with Gasteiger partial charge in [-0.2, -0.15) is 0 Å². The zero-order valence-corrected chi connectivity index (χ0v) is 22.4. The maximum atomic E-state index is 12.8. The lowest BCUT2D eigenvalue weighted by atomic mass is 10.0. The van der Waals surface area contributed by atoms with E-state index >= 15 is 0 Å². The smallest absolute Gasteiger partial charge is 0.222 e. The molecule has 1 amide bonds. The lowest BCUT2D eigenvalue weighted by Gasteiger charge is -2.37. The van der Waals surface area contributed by atoms with Crippen LogP contribution in [0.3, 0.4) is 0 Å². The predicted octanol–water partition coefficient (Wildman–Crippen LogP) is 5.79. The average Bonchev–Trinajstić information content (AvgIpc) is 3.52. The summed E-state index contributed by atoms with van der Waals surface area (Å²) in [5.41, 5.74) is 2.97. The van der Waals surface area contributed by atoms with E-state index in [0.29, 0.717) is 42.8 Å². The molecule has 1 spiro atoms. The highest BCUT2D eigenvalue weighted by Gasteiger charge is 2.40. The molecule has 10 heteroatoms. The van der Waals surface area contributed by atoms with Crippen molar-refractivity contribution in [2.45, 2.75) is 43.6 Å². The number of piperidine rings is 1.